The van der Waals surface area contributed by atoms with Crippen LogP contribution in [0.15, 0.2) is 0 Å². The molecule has 1 N–H and O–H groups in total. The predicted molar refractivity (Wildman–Crippen MR) is 81.8 cm³/mol. The molecule has 2 atom stereocenters. The quantitative estimate of drug-likeness (QED) is 0.858. The van der Waals surface area contributed by atoms with E-state index < -0.39 is 5.79 Å². The minimum atomic E-state index is -0.420. The van der Waals surface area contributed by atoms with Gasteiger partial charge in [0, 0.05) is 12.1 Å². The maximum absolute atomic E-state index is 5.73. The Hall–Kier alpha value is -0.160. The van der Waals surface area contributed by atoms with E-state index in [4.69, 9.17) is 9.47 Å². The van der Waals surface area contributed by atoms with E-state index in [0.29, 0.717) is 11.6 Å². The van der Waals surface area contributed by atoms with Gasteiger partial charge in [0.05, 0.1) is 19.3 Å². The van der Waals surface area contributed by atoms with Gasteiger partial charge < -0.3 is 19.7 Å². The summed E-state index contributed by atoms with van der Waals surface area (Å²) in [6, 6.07) is 0.317. The van der Waals surface area contributed by atoms with Crippen molar-refractivity contribution < 1.29 is 9.47 Å². The van der Waals surface area contributed by atoms with Crippen molar-refractivity contribution >= 4 is 0 Å². The number of nitrogens with one attached hydrogen (secondary N) is 1. The number of likely N-dealkylation sites (N-methyl/N-ethyl adjacent to an activating group) is 1. The topological polar surface area (TPSA) is 33.7 Å². The van der Waals surface area contributed by atoms with Crippen LogP contribution in [0.2, 0.25) is 0 Å². The highest BCUT2D eigenvalue weighted by atomic mass is 16.7. The van der Waals surface area contributed by atoms with Crippen molar-refractivity contribution in [1.82, 2.24) is 10.2 Å². The molecule has 1 saturated heterocycles. The Bertz CT molecular complexity index is 310. The third-order valence-corrected chi connectivity index (χ3v) is 5.00. The lowest BCUT2D eigenvalue weighted by Crippen LogP contribution is -2.58. The Balaban J connectivity index is 1.87. The van der Waals surface area contributed by atoms with Crippen LogP contribution < -0.4 is 5.32 Å². The Labute approximate surface area is 124 Å². The van der Waals surface area contributed by atoms with Gasteiger partial charge >= 0.3 is 0 Å². The van der Waals surface area contributed by atoms with Crippen molar-refractivity contribution in [2.75, 3.05) is 33.9 Å². The minimum Gasteiger partial charge on any atom is -0.349 e. The molecular weight excluding hydrogens is 252 g/mol. The molecule has 4 nitrogen and oxygen atoms in total. The molecule has 1 aliphatic carbocycles. The van der Waals surface area contributed by atoms with Crippen molar-refractivity contribution in [3.05, 3.63) is 0 Å². The lowest BCUT2D eigenvalue weighted by molar-refractivity contribution is -0.253. The second-order valence-corrected chi connectivity index (χ2v) is 7.42. The molecule has 2 unspecified atom stereocenters. The lowest BCUT2D eigenvalue weighted by atomic mass is 9.75. The fraction of sp³-hybridized carbons (Fsp3) is 1.00. The van der Waals surface area contributed by atoms with Crippen LogP contribution in [0.5, 0.6) is 0 Å². The largest absolute Gasteiger partial charge is 0.349 e. The molecule has 2 aliphatic rings. The highest BCUT2D eigenvalue weighted by molar-refractivity contribution is 4.95. The van der Waals surface area contributed by atoms with E-state index in [2.05, 4.69) is 31.2 Å². The van der Waals surface area contributed by atoms with E-state index in [-0.39, 0.29) is 0 Å². The molecule has 118 valence electrons. The average molecular weight is 284 g/mol. The summed E-state index contributed by atoms with van der Waals surface area (Å²) in [5.74, 6) is 0.405. The number of hydrogen-bond donors (Lipinski definition) is 1. The van der Waals surface area contributed by atoms with Crippen LogP contribution in [-0.2, 0) is 9.47 Å². The van der Waals surface area contributed by atoms with Crippen LogP contribution in [0.4, 0.5) is 0 Å². The molecule has 0 amide bonds. The van der Waals surface area contributed by atoms with Crippen molar-refractivity contribution in [2.24, 2.45) is 5.92 Å². The smallest absolute Gasteiger partial charge is 0.162 e. The molecule has 0 spiro atoms. The number of ether oxygens (including phenoxy) is 2. The lowest BCUT2D eigenvalue weighted by Gasteiger charge is -2.46. The van der Waals surface area contributed by atoms with Crippen LogP contribution in [-0.4, -0.2) is 56.1 Å². The summed E-state index contributed by atoms with van der Waals surface area (Å²) in [5, 5.41) is 3.68. The van der Waals surface area contributed by atoms with E-state index in [1.165, 1.54) is 25.7 Å². The third-order valence-electron chi connectivity index (χ3n) is 5.00. The van der Waals surface area contributed by atoms with Crippen LogP contribution in [0.1, 0.15) is 46.5 Å². The van der Waals surface area contributed by atoms with Crippen molar-refractivity contribution in [1.29, 1.82) is 0 Å². The summed E-state index contributed by atoms with van der Waals surface area (Å²) < 4.78 is 11.5. The van der Waals surface area contributed by atoms with Gasteiger partial charge in [-0.25, -0.2) is 0 Å². The van der Waals surface area contributed by atoms with Crippen molar-refractivity contribution in [3.8, 4) is 0 Å². The van der Waals surface area contributed by atoms with Crippen molar-refractivity contribution in [2.45, 2.75) is 63.8 Å². The molecule has 1 heterocycles. The summed E-state index contributed by atoms with van der Waals surface area (Å²) >= 11 is 0. The average Bonchev–Trinajstić information content (AvgIpc) is 2.37. The van der Waals surface area contributed by atoms with Gasteiger partial charge in [-0.05, 0) is 46.7 Å². The van der Waals surface area contributed by atoms with Gasteiger partial charge in [0.1, 0.15) is 0 Å². The second-order valence-electron chi connectivity index (χ2n) is 7.42. The first-order chi connectivity index (χ1) is 9.33. The van der Waals surface area contributed by atoms with E-state index >= 15 is 0 Å². The van der Waals surface area contributed by atoms with Gasteiger partial charge in [-0.15, -0.1) is 0 Å². The summed E-state index contributed by atoms with van der Waals surface area (Å²) in [5.41, 5.74) is 0.296. The van der Waals surface area contributed by atoms with Gasteiger partial charge in [-0.2, -0.15) is 0 Å². The molecular formula is C16H32N2O2. The zero-order valence-corrected chi connectivity index (χ0v) is 13.9. The molecule has 2 fully saturated rings. The number of hydrogen-bond acceptors (Lipinski definition) is 4. The van der Waals surface area contributed by atoms with Gasteiger partial charge in [-0.1, -0.05) is 19.8 Å². The maximum Gasteiger partial charge on any atom is 0.162 e. The molecule has 0 radical (unpaired) electrons. The molecule has 2 rings (SSSR count). The normalized spacial score (nSPS) is 35.4. The molecule has 20 heavy (non-hydrogen) atoms. The summed E-state index contributed by atoms with van der Waals surface area (Å²) in [6.45, 7) is 8.85. The Morgan fingerprint density at radius 1 is 1.20 bits per heavy atom. The maximum atomic E-state index is 5.73. The molecule has 1 aliphatic heterocycles. The highest BCUT2D eigenvalue weighted by Crippen LogP contribution is 2.35. The Morgan fingerprint density at radius 3 is 2.40 bits per heavy atom. The number of rotatable bonds is 4. The fourth-order valence-electron chi connectivity index (χ4n) is 3.50. The molecule has 0 aromatic carbocycles. The molecule has 0 aromatic heterocycles. The molecule has 0 aromatic rings. The highest BCUT2D eigenvalue weighted by Gasteiger charge is 2.38. The van der Waals surface area contributed by atoms with Crippen LogP contribution in [0.3, 0.4) is 0 Å². The van der Waals surface area contributed by atoms with Crippen LogP contribution in [0, 0.1) is 5.92 Å². The first-order valence-corrected chi connectivity index (χ1v) is 8.02. The molecule has 0 bridgehead atoms. The third kappa shape index (κ3) is 3.94. The van der Waals surface area contributed by atoms with Gasteiger partial charge in [0.15, 0.2) is 5.79 Å². The van der Waals surface area contributed by atoms with Crippen molar-refractivity contribution in [3.63, 3.8) is 0 Å². The van der Waals surface area contributed by atoms with Gasteiger partial charge in [0.2, 0.25) is 0 Å². The van der Waals surface area contributed by atoms with E-state index in [0.717, 1.165) is 25.7 Å². The van der Waals surface area contributed by atoms with E-state index in [1.54, 1.807) is 0 Å². The Morgan fingerprint density at radius 2 is 1.85 bits per heavy atom. The Kier molecular flexibility index (Phi) is 5.11. The summed E-state index contributed by atoms with van der Waals surface area (Å²) in [4.78, 5) is 2.42. The van der Waals surface area contributed by atoms with Gasteiger partial charge in [0.25, 0.3) is 0 Å². The summed E-state index contributed by atoms with van der Waals surface area (Å²) in [6.07, 6.45) is 5.29. The zero-order chi connectivity index (χ0) is 14.8. The fourth-order valence-corrected chi connectivity index (χ4v) is 3.50. The summed E-state index contributed by atoms with van der Waals surface area (Å²) in [7, 11) is 4.44. The first-order valence-electron chi connectivity index (χ1n) is 8.02. The molecule has 4 heteroatoms. The van der Waals surface area contributed by atoms with E-state index in [9.17, 15) is 0 Å². The van der Waals surface area contributed by atoms with E-state index in [1.807, 2.05) is 13.8 Å². The minimum absolute atomic E-state index is 0.296. The monoisotopic (exact) mass is 284 g/mol. The number of nitrogens with zero attached hydrogens (tertiary/aromatic N) is 1. The SMILES string of the molecule is CC1CCCC(CNC2COC(C)(C)OC2)(N(C)C)C1. The second kappa shape index (κ2) is 6.30. The van der Waals surface area contributed by atoms with Gasteiger partial charge in [-0.3, -0.25) is 0 Å². The molecule has 1 saturated carbocycles. The zero-order valence-electron chi connectivity index (χ0n) is 13.9. The predicted octanol–water partition coefficient (Wildman–Crippen LogP) is 2.24. The first kappa shape index (κ1) is 16.2. The van der Waals surface area contributed by atoms with Crippen LogP contribution in [0.25, 0.3) is 0 Å². The van der Waals surface area contributed by atoms with Crippen LogP contribution >= 0.6 is 0 Å². The standard InChI is InChI=1S/C16H32N2O2/c1-13-7-6-8-16(9-13,18(4)5)12-17-14-10-19-15(2,3)20-11-14/h13-14,17H,6-12H2,1-5H3.